The van der Waals surface area contributed by atoms with Crippen molar-refractivity contribution in [1.29, 1.82) is 0 Å². The molecule has 1 atom stereocenters. The normalized spacial score (nSPS) is 22.4. The Morgan fingerprint density at radius 1 is 1.36 bits per heavy atom. The van der Waals surface area contributed by atoms with Crippen LogP contribution in [0.25, 0.3) is 0 Å². The van der Waals surface area contributed by atoms with Gasteiger partial charge in [0.05, 0.1) is 0 Å². The summed E-state index contributed by atoms with van der Waals surface area (Å²) in [5.74, 6) is -0.0555. The van der Waals surface area contributed by atoms with Crippen molar-refractivity contribution in [3.8, 4) is 0 Å². The molecule has 1 aromatic carbocycles. The van der Waals surface area contributed by atoms with E-state index >= 15 is 0 Å². The summed E-state index contributed by atoms with van der Waals surface area (Å²) in [4.78, 5) is 14.2. The van der Waals surface area contributed by atoms with Crippen molar-refractivity contribution in [3.05, 3.63) is 35.6 Å². The molecule has 1 heterocycles. The minimum Gasteiger partial charge on any atom is -0.379 e. The number of nitrogens with one attached hydrogen (secondary N) is 1. The van der Waals surface area contributed by atoms with E-state index in [1.54, 1.807) is 17.0 Å². The van der Waals surface area contributed by atoms with Crippen molar-refractivity contribution in [1.82, 2.24) is 10.2 Å². The number of hydrogen-bond donors (Lipinski definition) is 2. The molecule has 5 heteroatoms. The molecular formula is C17H25FN2O2. The highest BCUT2D eigenvalue weighted by molar-refractivity contribution is 5.86. The van der Waals surface area contributed by atoms with Crippen LogP contribution in [-0.4, -0.2) is 41.1 Å². The third-order valence-corrected chi connectivity index (χ3v) is 3.96. The number of benzene rings is 1. The number of rotatable bonds is 6. The molecule has 1 aliphatic heterocycles. The number of halogens is 1. The van der Waals surface area contributed by atoms with Crippen LogP contribution in [0.1, 0.15) is 32.3 Å². The highest BCUT2D eigenvalue weighted by Gasteiger charge is 2.41. The Hall–Kier alpha value is -1.46. The van der Waals surface area contributed by atoms with Gasteiger partial charge in [0, 0.05) is 19.6 Å². The molecule has 0 spiro atoms. The second kappa shape index (κ2) is 7.20. The Labute approximate surface area is 131 Å². The molecular weight excluding hydrogens is 283 g/mol. The van der Waals surface area contributed by atoms with E-state index in [0.717, 1.165) is 18.5 Å². The van der Waals surface area contributed by atoms with Crippen LogP contribution in [0, 0.1) is 11.7 Å². The fraction of sp³-hybridized carbons (Fsp3) is 0.588. The van der Waals surface area contributed by atoms with Crippen molar-refractivity contribution in [2.45, 2.75) is 38.8 Å². The molecule has 0 saturated carbocycles. The van der Waals surface area contributed by atoms with E-state index in [0.29, 0.717) is 25.4 Å². The molecule has 1 aliphatic rings. The lowest BCUT2D eigenvalue weighted by Gasteiger charge is -2.38. The minimum atomic E-state index is -1.33. The lowest BCUT2D eigenvalue weighted by atomic mass is 9.91. The molecule has 1 aromatic rings. The summed E-state index contributed by atoms with van der Waals surface area (Å²) in [6, 6.07) is 6.13. The maximum atomic E-state index is 12.9. The van der Waals surface area contributed by atoms with Crippen LogP contribution in [0.15, 0.2) is 24.3 Å². The Morgan fingerprint density at radius 2 is 2.05 bits per heavy atom. The van der Waals surface area contributed by atoms with E-state index in [4.69, 9.17) is 0 Å². The maximum absolute atomic E-state index is 12.9. The third-order valence-electron chi connectivity index (χ3n) is 3.96. The second-order valence-electron chi connectivity index (χ2n) is 6.51. The number of hydrogen-bond acceptors (Lipinski definition) is 3. The first kappa shape index (κ1) is 16.9. The number of nitrogens with zero attached hydrogens (tertiary/aromatic N) is 1. The zero-order chi connectivity index (χ0) is 16.2. The fourth-order valence-electron chi connectivity index (χ4n) is 2.76. The van der Waals surface area contributed by atoms with Gasteiger partial charge < -0.3 is 15.3 Å². The highest BCUT2D eigenvalue weighted by Crippen LogP contribution is 2.24. The zero-order valence-corrected chi connectivity index (χ0v) is 13.3. The highest BCUT2D eigenvalue weighted by atomic mass is 19.1. The van der Waals surface area contributed by atoms with E-state index in [9.17, 15) is 14.3 Å². The first-order chi connectivity index (χ1) is 10.4. The van der Waals surface area contributed by atoms with Crippen molar-refractivity contribution in [3.63, 3.8) is 0 Å². The summed E-state index contributed by atoms with van der Waals surface area (Å²) < 4.78 is 12.9. The van der Waals surface area contributed by atoms with Crippen molar-refractivity contribution in [2.75, 3.05) is 19.6 Å². The van der Waals surface area contributed by atoms with Crippen LogP contribution in [-0.2, 0) is 11.3 Å². The smallest absolute Gasteiger partial charge is 0.256 e. The van der Waals surface area contributed by atoms with Gasteiger partial charge in [0.1, 0.15) is 5.82 Å². The quantitative estimate of drug-likeness (QED) is 0.844. The minimum absolute atomic E-state index is 0.237. The summed E-state index contributed by atoms with van der Waals surface area (Å²) in [5.41, 5.74) is -0.457. The third kappa shape index (κ3) is 4.27. The average Bonchev–Trinajstić information content (AvgIpc) is 2.46. The number of piperidine rings is 1. The zero-order valence-electron chi connectivity index (χ0n) is 13.3. The molecule has 4 nitrogen and oxygen atoms in total. The van der Waals surface area contributed by atoms with Crippen LogP contribution in [0.4, 0.5) is 4.39 Å². The van der Waals surface area contributed by atoms with E-state index in [2.05, 4.69) is 19.2 Å². The van der Waals surface area contributed by atoms with Gasteiger partial charge in [0.2, 0.25) is 0 Å². The first-order valence-electron chi connectivity index (χ1n) is 7.87. The summed E-state index contributed by atoms with van der Waals surface area (Å²) >= 11 is 0. The summed E-state index contributed by atoms with van der Waals surface area (Å²) in [6.45, 7) is 6.26. The fourth-order valence-corrected chi connectivity index (χ4v) is 2.76. The molecule has 1 fully saturated rings. The van der Waals surface area contributed by atoms with Crippen LogP contribution < -0.4 is 5.32 Å². The molecule has 122 valence electrons. The van der Waals surface area contributed by atoms with Gasteiger partial charge in [0.25, 0.3) is 5.91 Å². The predicted octanol–water partition coefficient (Wildman–Crippen LogP) is 1.92. The van der Waals surface area contributed by atoms with Crippen LogP contribution in [0.5, 0.6) is 0 Å². The predicted molar refractivity (Wildman–Crippen MR) is 83.7 cm³/mol. The summed E-state index contributed by atoms with van der Waals surface area (Å²) in [5, 5.41) is 13.8. The average molecular weight is 308 g/mol. The van der Waals surface area contributed by atoms with Gasteiger partial charge >= 0.3 is 0 Å². The number of likely N-dealkylation sites (tertiary alicyclic amines) is 1. The van der Waals surface area contributed by atoms with Gasteiger partial charge in [-0.25, -0.2) is 4.39 Å². The van der Waals surface area contributed by atoms with Crippen molar-refractivity contribution < 1.29 is 14.3 Å². The number of amides is 1. The van der Waals surface area contributed by atoms with Gasteiger partial charge in [-0.1, -0.05) is 26.0 Å². The van der Waals surface area contributed by atoms with Crippen LogP contribution >= 0.6 is 0 Å². The van der Waals surface area contributed by atoms with Crippen molar-refractivity contribution >= 4 is 5.91 Å². The molecule has 0 aromatic heterocycles. The topological polar surface area (TPSA) is 52.6 Å². The Kier molecular flexibility index (Phi) is 5.53. The Morgan fingerprint density at radius 3 is 2.68 bits per heavy atom. The van der Waals surface area contributed by atoms with Gasteiger partial charge in [-0.15, -0.1) is 0 Å². The lowest BCUT2D eigenvalue weighted by Crippen LogP contribution is -2.57. The summed E-state index contributed by atoms with van der Waals surface area (Å²) in [7, 11) is 0. The molecule has 2 rings (SSSR count). The van der Waals surface area contributed by atoms with E-state index in [-0.39, 0.29) is 18.3 Å². The number of carbonyl (C=O) groups excluding carboxylic acids is 1. The summed E-state index contributed by atoms with van der Waals surface area (Å²) in [6.07, 6.45) is 1.25. The molecule has 0 bridgehead atoms. The standard InChI is InChI=1S/C17H25FN2O2/c1-13(2)10-19-12-17(22)8-3-9-20(16(17)21)11-14-4-6-15(18)7-5-14/h4-7,13,19,22H,3,8-12H2,1-2H3/t17-/m0/s1. The van der Waals surface area contributed by atoms with Crippen molar-refractivity contribution in [2.24, 2.45) is 5.92 Å². The SMILES string of the molecule is CC(C)CNC[C@@]1(O)CCCN(Cc2ccc(F)cc2)C1=O. The Bertz CT molecular complexity index is 504. The monoisotopic (exact) mass is 308 g/mol. The van der Waals surface area contributed by atoms with Gasteiger partial charge in [-0.2, -0.15) is 0 Å². The van der Waals surface area contributed by atoms with Gasteiger partial charge in [0.15, 0.2) is 5.60 Å². The molecule has 1 amide bonds. The lowest BCUT2D eigenvalue weighted by molar-refractivity contribution is -0.157. The molecule has 22 heavy (non-hydrogen) atoms. The van der Waals surface area contributed by atoms with Gasteiger partial charge in [-0.3, -0.25) is 4.79 Å². The largest absolute Gasteiger partial charge is 0.379 e. The van der Waals surface area contributed by atoms with E-state index in [1.807, 2.05) is 0 Å². The molecule has 0 unspecified atom stereocenters. The van der Waals surface area contributed by atoms with E-state index in [1.165, 1.54) is 12.1 Å². The second-order valence-corrected chi connectivity index (χ2v) is 6.51. The molecule has 2 N–H and O–H groups in total. The molecule has 0 radical (unpaired) electrons. The maximum Gasteiger partial charge on any atom is 0.256 e. The van der Waals surface area contributed by atoms with Gasteiger partial charge in [-0.05, 0) is 43.0 Å². The molecule has 1 saturated heterocycles. The number of carbonyl (C=O) groups is 1. The van der Waals surface area contributed by atoms with Crippen LogP contribution in [0.2, 0.25) is 0 Å². The first-order valence-corrected chi connectivity index (χ1v) is 7.87. The van der Waals surface area contributed by atoms with E-state index < -0.39 is 5.60 Å². The Balaban J connectivity index is 1.98. The number of aliphatic hydroxyl groups is 1. The van der Waals surface area contributed by atoms with Crippen LogP contribution in [0.3, 0.4) is 0 Å². The molecule has 0 aliphatic carbocycles.